The van der Waals surface area contributed by atoms with Gasteiger partial charge in [-0.25, -0.2) is 13.8 Å². The standard InChI is InChI=1S/C25H25Cl2N3O5S/c1-16-5-8-22(9-6-16)36(32,33)30(21-13-19(26)12-20(27)14-21)15-25(31)29-28-17(2)18-7-10-23(34-3)24(11-18)35-4/h5-14H,15H2,1-4H3,(H,29,31)/b28-17-. The van der Waals surface area contributed by atoms with Gasteiger partial charge in [-0.1, -0.05) is 40.9 Å². The molecule has 0 saturated heterocycles. The summed E-state index contributed by atoms with van der Waals surface area (Å²) in [5, 5.41) is 4.57. The van der Waals surface area contributed by atoms with Crippen LogP contribution in [-0.2, 0) is 14.8 Å². The van der Waals surface area contributed by atoms with Crippen LogP contribution < -0.4 is 19.2 Å². The zero-order valence-electron chi connectivity index (χ0n) is 20.1. The Hall–Kier alpha value is -3.27. The highest BCUT2D eigenvalue weighted by Gasteiger charge is 2.28. The Kier molecular flexibility index (Phi) is 8.84. The number of ether oxygens (including phenoxy) is 2. The summed E-state index contributed by atoms with van der Waals surface area (Å²) in [7, 11) is -1.09. The van der Waals surface area contributed by atoms with Crippen LogP contribution >= 0.6 is 23.2 Å². The summed E-state index contributed by atoms with van der Waals surface area (Å²) in [6.07, 6.45) is 0. The van der Waals surface area contributed by atoms with E-state index < -0.39 is 22.5 Å². The molecule has 0 aliphatic rings. The Morgan fingerprint density at radius 3 is 2.14 bits per heavy atom. The number of halogens is 2. The number of methoxy groups -OCH3 is 2. The molecule has 1 amide bonds. The maximum Gasteiger partial charge on any atom is 0.264 e. The largest absolute Gasteiger partial charge is 0.493 e. The van der Waals surface area contributed by atoms with Crippen LogP contribution in [0.25, 0.3) is 0 Å². The lowest BCUT2D eigenvalue weighted by molar-refractivity contribution is -0.119. The smallest absolute Gasteiger partial charge is 0.264 e. The van der Waals surface area contributed by atoms with E-state index in [1.165, 1.54) is 44.6 Å². The lowest BCUT2D eigenvalue weighted by Gasteiger charge is -2.24. The molecule has 0 fully saturated rings. The number of hydrazone groups is 1. The number of nitrogens with zero attached hydrogens (tertiary/aromatic N) is 2. The van der Waals surface area contributed by atoms with Crippen molar-refractivity contribution in [1.82, 2.24) is 5.43 Å². The molecule has 8 nitrogen and oxygen atoms in total. The average molecular weight is 550 g/mol. The van der Waals surface area contributed by atoms with Crippen LogP contribution in [-0.4, -0.2) is 40.8 Å². The van der Waals surface area contributed by atoms with E-state index in [0.717, 1.165) is 9.87 Å². The minimum atomic E-state index is -4.13. The number of sulfonamides is 1. The van der Waals surface area contributed by atoms with Gasteiger partial charge in [0.05, 0.1) is 30.5 Å². The molecule has 11 heteroatoms. The highest BCUT2D eigenvalue weighted by Crippen LogP contribution is 2.30. The number of carbonyl (C=O) groups excluding carboxylic acids is 1. The number of hydrogen-bond acceptors (Lipinski definition) is 6. The summed E-state index contributed by atoms with van der Waals surface area (Å²) in [4.78, 5) is 12.9. The third-order valence-electron chi connectivity index (χ3n) is 5.18. The minimum Gasteiger partial charge on any atom is -0.493 e. The summed E-state index contributed by atoms with van der Waals surface area (Å²) in [5.74, 6) is 0.390. The SMILES string of the molecule is COc1ccc(/C(C)=N\NC(=O)CN(c2cc(Cl)cc(Cl)c2)S(=O)(=O)c2ccc(C)cc2)cc1OC. The van der Waals surface area contributed by atoms with Crippen molar-refractivity contribution in [2.45, 2.75) is 18.7 Å². The van der Waals surface area contributed by atoms with E-state index in [1.807, 2.05) is 6.92 Å². The molecule has 0 aromatic heterocycles. The first kappa shape index (κ1) is 27.3. The third kappa shape index (κ3) is 6.48. The van der Waals surface area contributed by atoms with Gasteiger partial charge < -0.3 is 9.47 Å². The molecule has 0 unspecified atom stereocenters. The molecule has 1 N–H and O–H groups in total. The van der Waals surface area contributed by atoms with E-state index in [0.29, 0.717) is 22.8 Å². The number of rotatable bonds is 9. The first-order valence-corrected chi connectivity index (χ1v) is 12.9. The van der Waals surface area contributed by atoms with Crippen molar-refractivity contribution in [1.29, 1.82) is 0 Å². The van der Waals surface area contributed by atoms with E-state index >= 15 is 0 Å². The molecule has 0 atom stereocenters. The van der Waals surface area contributed by atoms with Gasteiger partial charge in [-0.15, -0.1) is 0 Å². The third-order valence-corrected chi connectivity index (χ3v) is 7.41. The number of anilines is 1. The molecule has 0 bridgehead atoms. The Balaban J connectivity index is 1.90. The van der Waals surface area contributed by atoms with Crippen molar-refractivity contribution in [3.05, 3.63) is 81.8 Å². The molecule has 3 aromatic rings. The van der Waals surface area contributed by atoms with Gasteiger partial charge in [0.15, 0.2) is 11.5 Å². The molecule has 3 rings (SSSR count). The second-order valence-electron chi connectivity index (χ2n) is 7.75. The Morgan fingerprint density at radius 2 is 1.56 bits per heavy atom. The molecular weight excluding hydrogens is 525 g/mol. The lowest BCUT2D eigenvalue weighted by atomic mass is 10.1. The molecule has 0 saturated carbocycles. The lowest BCUT2D eigenvalue weighted by Crippen LogP contribution is -2.39. The molecule has 190 valence electrons. The zero-order chi connectivity index (χ0) is 26.5. The summed E-state index contributed by atoms with van der Waals surface area (Å²) in [5.41, 5.74) is 4.60. The van der Waals surface area contributed by atoms with E-state index in [1.54, 1.807) is 37.3 Å². The maximum atomic E-state index is 13.5. The predicted octanol–water partition coefficient (Wildman–Crippen LogP) is 5.05. The average Bonchev–Trinajstić information content (AvgIpc) is 2.84. The van der Waals surface area contributed by atoms with Crippen molar-refractivity contribution < 1.29 is 22.7 Å². The van der Waals surface area contributed by atoms with Crippen LogP contribution in [0.15, 0.2) is 70.7 Å². The number of amides is 1. The first-order valence-electron chi connectivity index (χ1n) is 10.7. The molecule has 0 aliphatic carbocycles. The summed E-state index contributed by atoms with van der Waals surface area (Å²) in [6, 6.07) is 15.8. The molecule has 0 aliphatic heterocycles. The van der Waals surface area contributed by atoms with E-state index in [2.05, 4.69) is 10.5 Å². The van der Waals surface area contributed by atoms with Crippen LogP contribution in [0.2, 0.25) is 10.0 Å². The van der Waals surface area contributed by atoms with E-state index in [-0.39, 0.29) is 20.6 Å². The zero-order valence-corrected chi connectivity index (χ0v) is 22.4. The summed E-state index contributed by atoms with van der Waals surface area (Å²) >= 11 is 12.2. The molecular formula is C25H25Cl2N3O5S. The first-order chi connectivity index (χ1) is 17.0. The van der Waals surface area contributed by atoms with Gasteiger partial charge in [0.25, 0.3) is 15.9 Å². The topological polar surface area (TPSA) is 97.3 Å². The van der Waals surface area contributed by atoms with Crippen molar-refractivity contribution in [2.75, 3.05) is 25.1 Å². The Bertz CT molecular complexity index is 1370. The van der Waals surface area contributed by atoms with E-state index in [4.69, 9.17) is 32.7 Å². The normalized spacial score (nSPS) is 11.7. The highest BCUT2D eigenvalue weighted by molar-refractivity contribution is 7.92. The van der Waals surface area contributed by atoms with Crippen molar-refractivity contribution in [3.63, 3.8) is 0 Å². The molecule has 0 spiro atoms. The fraction of sp³-hybridized carbons (Fsp3) is 0.200. The van der Waals surface area contributed by atoms with Gasteiger partial charge in [-0.2, -0.15) is 5.10 Å². The highest BCUT2D eigenvalue weighted by atomic mass is 35.5. The monoisotopic (exact) mass is 549 g/mol. The molecule has 0 radical (unpaired) electrons. The van der Waals surface area contributed by atoms with Crippen molar-refractivity contribution in [2.24, 2.45) is 5.10 Å². The van der Waals surface area contributed by atoms with Gasteiger partial charge in [0.1, 0.15) is 6.54 Å². The fourth-order valence-electron chi connectivity index (χ4n) is 3.27. The second-order valence-corrected chi connectivity index (χ2v) is 10.5. The Labute approximate surface area is 220 Å². The summed E-state index contributed by atoms with van der Waals surface area (Å²) < 4.78 is 38.4. The van der Waals surface area contributed by atoms with Crippen LogP contribution in [0.4, 0.5) is 5.69 Å². The van der Waals surface area contributed by atoms with Crippen LogP contribution in [0.5, 0.6) is 11.5 Å². The quantitative estimate of drug-likeness (QED) is 0.297. The minimum absolute atomic E-state index is 0.0157. The fourth-order valence-corrected chi connectivity index (χ4v) is 5.19. The number of nitrogens with one attached hydrogen (secondary N) is 1. The number of aryl methyl sites for hydroxylation is 1. The van der Waals surface area contributed by atoms with Gasteiger partial charge in [-0.05, 0) is 62.4 Å². The van der Waals surface area contributed by atoms with Crippen LogP contribution in [0.3, 0.4) is 0 Å². The van der Waals surface area contributed by atoms with Gasteiger partial charge in [-0.3, -0.25) is 9.10 Å². The number of carbonyl (C=O) groups is 1. The van der Waals surface area contributed by atoms with Gasteiger partial charge in [0.2, 0.25) is 0 Å². The van der Waals surface area contributed by atoms with Gasteiger partial charge >= 0.3 is 0 Å². The van der Waals surface area contributed by atoms with Crippen molar-refractivity contribution >= 4 is 50.5 Å². The van der Waals surface area contributed by atoms with Crippen molar-refractivity contribution in [3.8, 4) is 11.5 Å². The molecule has 3 aromatic carbocycles. The molecule has 0 heterocycles. The maximum absolute atomic E-state index is 13.5. The number of hydrogen-bond donors (Lipinski definition) is 1. The van der Waals surface area contributed by atoms with Crippen LogP contribution in [0, 0.1) is 6.92 Å². The Morgan fingerprint density at radius 1 is 0.944 bits per heavy atom. The van der Waals surface area contributed by atoms with Crippen LogP contribution in [0.1, 0.15) is 18.1 Å². The second kappa shape index (κ2) is 11.6. The molecule has 36 heavy (non-hydrogen) atoms. The van der Waals surface area contributed by atoms with Gasteiger partial charge in [0, 0.05) is 15.6 Å². The number of benzene rings is 3. The van der Waals surface area contributed by atoms with E-state index in [9.17, 15) is 13.2 Å². The summed E-state index contributed by atoms with van der Waals surface area (Å²) in [6.45, 7) is 2.98. The predicted molar refractivity (Wildman–Crippen MR) is 142 cm³/mol.